The highest BCUT2D eigenvalue weighted by atomic mass is 32.2. The molecular formula is C18H17NO6S. The first-order valence-electron chi connectivity index (χ1n) is 7.75. The first-order chi connectivity index (χ1) is 12.5. The molecular weight excluding hydrogens is 358 g/mol. The maximum absolute atomic E-state index is 13.1. The van der Waals surface area contributed by atoms with Crippen LogP contribution < -0.4 is 10.1 Å². The van der Waals surface area contributed by atoms with Crippen molar-refractivity contribution in [3.63, 3.8) is 0 Å². The number of nitrogens with one attached hydrogen (secondary N) is 1. The second-order valence-electron chi connectivity index (χ2n) is 5.41. The summed E-state index contributed by atoms with van der Waals surface area (Å²) in [4.78, 5) is 12.2. The SMILES string of the molecule is COc1ccc(S(=O)(=O)C(CNC(=O)c2ccco2)c2ccco2)cc1. The topological polar surface area (TPSA) is 98.8 Å². The number of benzene rings is 1. The summed E-state index contributed by atoms with van der Waals surface area (Å²) in [6.45, 7) is -0.165. The number of hydrogen-bond donors (Lipinski definition) is 1. The Morgan fingerprint density at radius 2 is 1.77 bits per heavy atom. The molecule has 2 heterocycles. The van der Waals surface area contributed by atoms with Crippen molar-refractivity contribution >= 4 is 15.7 Å². The number of methoxy groups -OCH3 is 1. The molecule has 0 aliphatic rings. The highest BCUT2D eigenvalue weighted by Gasteiger charge is 2.32. The maximum Gasteiger partial charge on any atom is 0.287 e. The maximum atomic E-state index is 13.1. The van der Waals surface area contributed by atoms with Crippen molar-refractivity contribution < 1.29 is 26.8 Å². The molecule has 1 atom stereocenters. The molecule has 0 spiro atoms. The van der Waals surface area contributed by atoms with Crippen molar-refractivity contribution in [3.05, 3.63) is 72.6 Å². The lowest BCUT2D eigenvalue weighted by Gasteiger charge is -2.16. The predicted octanol–water partition coefficient (Wildman–Crippen LogP) is 2.83. The minimum atomic E-state index is -3.81. The fraction of sp³-hybridized carbons (Fsp3) is 0.167. The monoisotopic (exact) mass is 375 g/mol. The van der Waals surface area contributed by atoms with Crippen LogP contribution in [-0.2, 0) is 9.84 Å². The van der Waals surface area contributed by atoms with Gasteiger partial charge in [0, 0.05) is 6.54 Å². The summed E-state index contributed by atoms with van der Waals surface area (Å²) < 4.78 is 41.5. The van der Waals surface area contributed by atoms with Crippen LogP contribution in [0.4, 0.5) is 0 Å². The summed E-state index contributed by atoms with van der Waals surface area (Å²) in [5.41, 5.74) is 0. The molecule has 0 radical (unpaired) electrons. The van der Waals surface area contributed by atoms with Gasteiger partial charge in [0.15, 0.2) is 15.6 Å². The summed E-state index contributed by atoms with van der Waals surface area (Å²) in [6, 6.07) is 12.3. The fourth-order valence-corrected chi connectivity index (χ4v) is 4.03. The van der Waals surface area contributed by atoms with Crippen LogP contribution in [0.1, 0.15) is 21.6 Å². The largest absolute Gasteiger partial charge is 0.497 e. The molecule has 2 aromatic heterocycles. The minimum absolute atomic E-state index is 0.102. The van der Waals surface area contributed by atoms with Gasteiger partial charge in [0.25, 0.3) is 5.91 Å². The molecule has 8 heteroatoms. The summed E-state index contributed by atoms with van der Waals surface area (Å²) in [6.07, 6.45) is 2.76. The quantitative estimate of drug-likeness (QED) is 0.682. The van der Waals surface area contributed by atoms with Gasteiger partial charge in [-0.05, 0) is 48.5 Å². The average Bonchev–Trinajstić information content (AvgIpc) is 3.35. The zero-order chi connectivity index (χ0) is 18.6. The zero-order valence-electron chi connectivity index (χ0n) is 13.9. The van der Waals surface area contributed by atoms with E-state index in [0.29, 0.717) is 5.75 Å². The summed E-state index contributed by atoms with van der Waals surface area (Å²) in [5.74, 6) is 0.381. The highest BCUT2D eigenvalue weighted by molar-refractivity contribution is 7.91. The molecule has 26 heavy (non-hydrogen) atoms. The van der Waals surface area contributed by atoms with Crippen molar-refractivity contribution in [2.45, 2.75) is 10.1 Å². The molecule has 0 aliphatic heterocycles. The molecule has 1 unspecified atom stereocenters. The van der Waals surface area contributed by atoms with E-state index < -0.39 is 21.0 Å². The third kappa shape index (κ3) is 3.65. The lowest BCUT2D eigenvalue weighted by molar-refractivity contribution is 0.0925. The normalized spacial score (nSPS) is 12.5. The van der Waals surface area contributed by atoms with Crippen LogP contribution in [0.3, 0.4) is 0 Å². The van der Waals surface area contributed by atoms with Gasteiger partial charge in [-0.1, -0.05) is 0 Å². The Balaban J connectivity index is 1.86. The minimum Gasteiger partial charge on any atom is -0.497 e. The lowest BCUT2D eigenvalue weighted by Crippen LogP contribution is -2.31. The van der Waals surface area contributed by atoms with Crippen LogP contribution in [0.5, 0.6) is 5.75 Å². The molecule has 0 fully saturated rings. The summed E-state index contributed by atoms with van der Waals surface area (Å²) >= 11 is 0. The highest BCUT2D eigenvalue weighted by Crippen LogP contribution is 2.30. The Labute approximate surface area is 150 Å². The van der Waals surface area contributed by atoms with Crippen LogP contribution in [0.2, 0.25) is 0 Å². The van der Waals surface area contributed by atoms with E-state index in [1.54, 1.807) is 30.3 Å². The van der Waals surface area contributed by atoms with Crippen LogP contribution >= 0.6 is 0 Å². The van der Waals surface area contributed by atoms with E-state index in [0.717, 1.165) is 0 Å². The standard InChI is InChI=1S/C18H17NO6S/c1-23-13-6-8-14(9-7-13)26(21,22)17(15-4-2-10-24-15)12-19-18(20)16-5-3-11-25-16/h2-11,17H,12H2,1H3,(H,19,20). The van der Waals surface area contributed by atoms with Gasteiger partial charge >= 0.3 is 0 Å². The van der Waals surface area contributed by atoms with Crippen molar-refractivity contribution in [1.29, 1.82) is 0 Å². The lowest BCUT2D eigenvalue weighted by atomic mass is 10.3. The molecule has 1 N–H and O–H groups in total. The number of furan rings is 2. The molecule has 0 bridgehead atoms. The van der Waals surface area contributed by atoms with E-state index >= 15 is 0 Å². The third-order valence-electron chi connectivity index (χ3n) is 3.82. The van der Waals surface area contributed by atoms with Crippen LogP contribution in [-0.4, -0.2) is 28.0 Å². The second-order valence-corrected chi connectivity index (χ2v) is 7.54. The number of amides is 1. The Morgan fingerprint density at radius 1 is 1.08 bits per heavy atom. The van der Waals surface area contributed by atoms with Gasteiger partial charge in [0.1, 0.15) is 16.8 Å². The summed E-state index contributed by atoms with van der Waals surface area (Å²) in [7, 11) is -2.31. The molecule has 1 amide bonds. The number of hydrogen-bond acceptors (Lipinski definition) is 6. The molecule has 136 valence electrons. The Hall–Kier alpha value is -3.00. The van der Waals surface area contributed by atoms with Crippen LogP contribution in [0, 0.1) is 0 Å². The first kappa shape index (κ1) is 17.8. The van der Waals surface area contributed by atoms with Gasteiger partial charge in [-0.25, -0.2) is 8.42 Å². The molecule has 3 aromatic rings. The molecule has 0 saturated carbocycles. The van der Waals surface area contributed by atoms with E-state index in [9.17, 15) is 13.2 Å². The molecule has 0 saturated heterocycles. The zero-order valence-corrected chi connectivity index (χ0v) is 14.7. The molecule has 3 rings (SSSR count). The number of ether oxygens (including phenoxy) is 1. The van der Waals surface area contributed by atoms with Gasteiger partial charge in [-0.3, -0.25) is 4.79 Å². The third-order valence-corrected chi connectivity index (χ3v) is 5.89. The first-order valence-corrected chi connectivity index (χ1v) is 9.30. The van der Waals surface area contributed by atoms with E-state index in [4.69, 9.17) is 13.6 Å². The molecule has 0 aliphatic carbocycles. The van der Waals surface area contributed by atoms with Crippen molar-refractivity contribution in [1.82, 2.24) is 5.32 Å². The van der Waals surface area contributed by atoms with Crippen molar-refractivity contribution in [3.8, 4) is 5.75 Å². The number of carbonyl (C=O) groups is 1. The number of sulfone groups is 1. The van der Waals surface area contributed by atoms with E-state index in [2.05, 4.69) is 5.32 Å². The van der Waals surface area contributed by atoms with E-state index in [1.165, 1.54) is 37.8 Å². The second kappa shape index (κ2) is 7.49. The Bertz CT molecular complexity index is 944. The van der Waals surface area contributed by atoms with Crippen molar-refractivity contribution in [2.75, 3.05) is 13.7 Å². The number of rotatable bonds is 7. The van der Waals surface area contributed by atoms with Gasteiger partial charge in [-0.2, -0.15) is 0 Å². The van der Waals surface area contributed by atoms with Crippen LogP contribution in [0.15, 0.2) is 74.8 Å². The Kier molecular flexibility index (Phi) is 5.13. The van der Waals surface area contributed by atoms with Crippen LogP contribution in [0.25, 0.3) is 0 Å². The van der Waals surface area contributed by atoms with Gasteiger partial charge < -0.3 is 18.9 Å². The summed E-state index contributed by atoms with van der Waals surface area (Å²) in [5, 5.41) is 1.50. The van der Waals surface area contributed by atoms with Gasteiger partial charge in [-0.15, -0.1) is 0 Å². The predicted molar refractivity (Wildman–Crippen MR) is 92.7 cm³/mol. The number of carbonyl (C=O) groups excluding carboxylic acids is 1. The smallest absolute Gasteiger partial charge is 0.287 e. The molecule has 7 nitrogen and oxygen atoms in total. The molecule has 1 aromatic carbocycles. The van der Waals surface area contributed by atoms with E-state index in [1.807, 2.05) is 0 Å². The van der Waals surface area contributed by atoms with E-state index in [-0.39, 0.29) is 23.0 Å². The van der Waals surface area contributed by atoms with Crippen molar-refractivity contribution in [2.24, 2.45) is 0 Å². The van der Waals surface area contributed by atoms with Gasteiger partial charge in [0.05, 0.1) is 24.5 Å². The Morgan fingerprint density at radius 3 is 2.35 bits per heavy atom. The fourth-order valence-electron chi connectivity index (χ4n) is 2.45. The van der Waals surface area contributed by atoms with Gasteiger partial charge in [0.2, 0.25) is 0 Å². The average molecular weight is 375 g/mol.